The average molecular weight is 507 g/mol. The van der Waals surface area contributed by atoms with E-state index in [0.29, 0.717) is 35.8 Å². The van der Waals surface area contributed by atoms with Crippen molar-refractivity contribution in [3.63, 3.8) is 0 Å². The lowest BCUT2D eigenvalue weighted by Crippen LogP contribution is -2.26. The van der Waals surface area contributed by atoms with E-state index >= 15 is 0 Å². The van der Waals surface area contributed by atoms with Crippen LogP contribution in [-0.2, 0) is 18.8 Å². The van der Waals surface area contributed by atoms with E-state index in [-0.39, 0.29) is 37.2 Å². The number of nitrogens with two attached hydrogens (primary N) is 1. The molecule has 3 atom stereocenters. The molecule has 190 valence electrons. The van der Waals surface area contributed by atoms with Crippen LogP contribution in [0.15, 0.2) is 36.7 Å². The minimum atomic E-state index is -1.63. The van der Waals surface area contributed by atoms with Crippen molar-refractivity contribution in [2.75, 3.05) is 39.7 Å². The maximum Gasteiger partial charge on any atom is 0.320 e. The van der Waals surface area contributed by atoms with Crippen LogP contribution < -0.4 is 20.1 Å². The quantitative estimate of drug-likeness (QED) is 0.246. The van der Waals surface area contributed by atoms with Crippen molar-refractivity contribution in [3.8, 4) is 11.6 Å². The van der Waals surface area contributed by atoms with Crippen molar-refractivity contribution >= 4 is 31.6 Å². The summed E-state index contributed by atoms with van der Waals surface area (Å²) in [5.41, 5.74) is 6.93. The summed E-state index contributed by atoms with van der Waals surface area (Å²) in [6.07, 6.45) is 1.98. The van der Waals surface area contributed by atoms with Crippen LogP contribution in [0.4, 0.5) is 5.95 Å². The van der Waals surface area contributed by atoms with E-state index in [1.165, 1.54) is 7.11 Å². The van der Waals surface area contributed by atoms with E-state index < -0.39 is 8.53 Å². The van der Waals surface area contributed by atoms with Gasteiger partial charge in [-0.25, -0.2) is 10.1 Å². The number of methoxy groups -OCH3 is 2. The highest BCUT2D eigenvalue weighted by atomic mass is 31.2. The zero-order chi connectivity index (χ0) is 25.2. The van der Waals surface area contributed by atoms with Gasteiger partial charge in [-0.15, -0.1) is 0 Å². The highest BCUT2D eigenvalue weighted by Gasteiger charge is 2.22. The number of carbonyl (C=O) groups excluding carboxylic acids is 1. The van der Waals surface area contributed by atoms with E-state index in [2.05, 4.69) is 20.0 Å². The molecule has 0 aliphatic heterocycles. The van der Waals surface area contributed by atoms with Gasteiger partial charge in [0.05, 0.1) is 32.8 Å². The second-order valence-electron chi connectivity index (χ2n) is 7.45. The lowest BCUT2D eigenvalue weighted by atomic mass is 10.1. The fraction of sp³-hybridized carbons (Fsp3) is 0.455. The molecule has 3 aromatic rings. The molecule has 3 N–H and O–H groups in total. The van der Waals surface area contributed by atoms with Gasteiger partial charge in [-0.05, 0) is 32.4 Å². The van der Waals surface area contributed by atoms with E-state index in [9.17, 15) is 4.79 Å². The van der Waals surface area contributed by atoms with Gasteiger partial charge in [0.2, 0.25) is 11.8 Å². The number of carbonyl (C=O) groups is 1. The average Bonchev–Trinajstić information content (AvgIpc) is 3.28. The molecule has 13 heteroatoms. The predicted octanol–water partition coefficient (Wildman–Crippen LogP) is 2.86. The van der Waals surface area contributed by atoms with Crippen molar-refractivity contribution in [1.29, 1.82) is 0 Å². The fourth-order valence-corrected chi connectivity index (χ4v) is 4.35. The number of rotatable bonds is 14. The molecule has 1 aromatic carbocycles. The Morgan fingerprint density at radius 1 is 1.23 bits per heavy atom. The van der Waals surface area contributed by atoms with Gasteiger partial charge < -0.3 is 33.6 Å². The minimum absolute atomic E-state index is 0.0373. The Balaban J connectivity index is 1.65. The predicted molar refractivity (Wildman–Crippen MR) is 131 cm³/mol. The normalized spacial score (nSPS) is 13.8. The number of nitrogen functional groups attached to an aromatic ring is 1. The van der Waals surface area contributed by atoms with Gasteiger partial charge in [-0.1, -0.05) is 18.2 Å². The number of hydrogen-bond donors (Lipinski definition) is 2. The largest absolute Gasteiger partial charge is 0.479 e. The van der Waals surface area contributed by atoms with E-state index in [1.807, 2.05) is 41.8 Å². The second kappa shape index (κ2) is 13.1. The highest BCUT2D eigenvalue weighted by Crippen LogP contribution is 2.36. The summed E-state index contributed by atoms with van der Waals surface area (Å²) in [4.78, 5) is 24.6. The summed E-state index contributed by atoms with van der Waals surface area (Å²) >= 11 is 0. The molecule has 2 heterocycles. The molecular weight excluding hydrogens is 475 g/mol. The Bertz CT molecular complexity index is 1080. The van der Waals surface area contributed by atoms with Crippen LogP contribution >= 0.6 is 8.53 Å². The standard InChI is InChI=1S/C22H31N6O6P/c1-5-32-18(29)12-25-35(34-16-9-7-6-8-10-16)33-13-17(30-3)11-15(2)28-14-24-19-20(28)26-22(23)27-21(19)31-4/h6-10,14-15,17,25H,5,11-13H2,1-4H3,(H2,23,26,27). The van der Waals surface area contributed by atoms with Gasteiger partial charge in [0, 0.05) is 13.2 Å². The molecule has 0 saturated carbocycles. The molecule has 35 heavy (non-hydrogen) atoms. The highest BCUT2D eigenvalue weighted by molar-refractivity contribution is 7.45. The van der Waals surface area contributed by atoms with Crippen molar-refractivity contribution in [2.24, 2.45) is 0 Å². The number of para-hydroxylation sites is 1. The summed E-state index contributed by atoms with van der Waals surface area (Å²) < 4.78 is 29.7. The van der Waals surface area contributed by atoms with Gasteiger partial charge in [0.25, 0.3) is 0 Å². The molecule has 2 aromatic heterocycles. The first-order valence-corrected chi connectivity index (χ1v) is 12.2. The SMILES string of the molecule is CCOC(=O)CNP(OCC(CC(C)n1cnc2c(OC)nc(N)nc21)OC)Oc1ccccc1. The van der Waals surface area contributed by atoms with Gasteiger partial charge in [-0.3, -0.25) is 4.79 Å². The molecule has 3 unspecified atom stereocenters. The summed E-state index contributed by atoms with van der Waals surface area (Å²) in [5, 5.41) is 2.99. The molecular formula is C22H31N6O6P. The number of hydrogen-bond acceptors (Lipinski definition) is 11. The van der Waals surface area contributed by atoms with Gasteiger partial charge >= 0.3 is 14.5 Å². The lowest BCUT2D eigenvalue weighted by molar-refractivity contribution is -0.141. The number of nitrogens with one attached hydrogen (secondary N) is 1. The van der Waals surface area contributed by atoms with E-state index in [1.54, 1.807) is 20.4 Å². The van der Waals surface area contributed by atoms with E-state index in [4.69, 9.17) is 29.0 Å². The molecule has 0 aliphatic carbocycles. The van der Waals surface area contributed by atoms with Gasteiger partial charge in [0.15, 0.2) is 11.2 Å². The molecule has 0 amide bonds. The molecule has 0 aliphatic rings. The number of fused-ring (bicyclic) bond motifs is 1. The summed E-state index contributed by atoms with van der Waals surface area (Å²) in [7, 11) is 1.49. The first kappa shape index (κ1) is 26.6. The molecule has 0 spiro atoms. The summed E-state index contributed by atoms with van der Waals surface area (Å²) in [6, 6.07) is 9.17. The molecule has 0 fully saturated rings. The molecule has 0 radical (unpaired) electrons. The molecule has 0 bridgehead atoms. The monoisotopic (exact) mass is 506 g/mol. The van der Waals surface area contributed by atoms with Gasteiger partial charge in [0.1, 0.15) is 12.3 Å². The Kier molecular flexibility index (Phi) is 9.98. The van der Waals surface area contributed by atoms with Crippen LogP contribution in [0.3, 0.4) is 0 Å². The summed E-state index contributed by atoms with van der Waals surface area (Å²) in [5.74, 6) is 0.655. The third-order valence-electron chi connectivity index (χ3n) is 4.98. The number of nitrogens with zero attached hydrogens (tertiary/aromatic N) is 4. The third kappa shape index (κ3) is 7.46. The van der Waals surface area contributed by atoms with Crippen molar-refractivity contribution < 1.29 is 28.1 Å². The van der Waals surface area contributed by atoms with Crippen LogP contribution in [0.25, 0.3) is 11.2 Å². The van der Waals surface area contributed by atoms with Crippen LogP contribution in [0, 0.1) is 0 Å². The Hall–Kier alpha value is -3.05. The van der Waals surface area contributed by atoms with Gasteiger partial charge in [-0.2, -0.15) is 9.97 Å². The van der Waals surface area contributed by atoms with Crippen LogP contribution in [0.2, 0.25) is 0 Å². The van der Waals surface area contributed by atoms with Crippen molar-refractivity contribution in [3.05, 3.63) is 36.7 Å². The molecule has 0 saturated heterocycles. The fourth-order valence-electron chi connectivity index (χ4n) is 3.27. The molecule has 3 rings (SSSR count). The Morgan fingerprint density at radius 3 is 2.69 bits per heavy atom. The lowest BCUT2D eigenvalue weighted by Gasteiger charge is -2.24. The van der Waals surface area contributed by atoms with Crippen molar-refractivity contribution in [1.82, 2.24) is 24.6 Å². The minimum Gasteiger partial charge on any atom is -0.479 e. The van der Waals surface area contributed by atoms with Crippen LogP contribution in [-0.4, -0.2) is 65.6 Å². The molecule has 12 nitrogen and oxygen atoms in total. The zero-order valence-corrected chi connectivity index (χ0v) is 21.1. The first-order valence-electron chi connectivity index (χ1n) is 11.1. The smallest absolute Gasteiger partial charge is 0.320 e. The number of anilines is 1. The number of ether oxygens (including phenoxy) is 3. The third-order valence-corrected chi connectivity index (χ3v) is 6.16. The number of esters is 1. The van der Waals surface area contributed by atoms with E-state index in [0.717, 1.165) is 0 Å². The van der Waals surface area contributed by atoms with Crippen LogP contribution in [0.5, 0.6) is 11.6 Å². The second-order valence-corrected chi connectivity index (χ2v) is 8.73. The number of aromatic nitrogens is 4. The zero-order valence-electron chi connectivity index (χ0n) is 20.2. The maximum absolute atomic E-state index is 11.8. The first-order chi connectivity index (χ1) is 16.9. The van der Waals surface area contributed by atoms with Crippen LogP contribution in [0.1, 0.15) is 26.3 Å². The summed E-state index contributed by atoms with van der Waals surface area (Å²) in [6.45, 7) is 4.25. The topological polar surface area (TPSA) is 145 Å². The Morgan fingerprint density at radius 2 is 2.00 bits per heavy atom. The number of imidazole rings is 1. The Labute approximate surface area is 205 Å². The number of benzene rings is 1. The maximum atomic E-state index is 11.8. The van der Waals surface area contributed by atoms with Crippen molar-refractivity contribution in [2.45, 2.75) is 32.4 Å².